The fraction of sp³-hybridized carbons (Fsp3) is 0.524. The lowest BCUT2D eigenvalue weighted by atomic mass is 10.0. The number of guanidine groups is 1. The summed E-state index contributed by atoms with van der Waals surface area (Å²) in [5.41, 5.74) is 2.14. The second kappa shape index (κ2) is 13.6. The Morgan fingerprint density at radius 1 is 1.24 bits per heavy atom. The van der Waals surface area contributed by atoms with Gasteiger partial charge in [0, 0.05) is 40.0 Å². The lowest BCUT2D eigenvalue weighted by Gasteiger charge is -2.21. The first-order valence-electron chi connectivity index (χ1n) is 10.0. The molecule has 0 amide bonds. The number of benzene rings is 1. The molecule has 0 bridgehead atoms. The summed E-state index contributed by atoms with van der Waals surface area (Å²) in [6.07, 6.45) is 5.04. The Hall–Kier alpha value is -1.65. The van der Waals surface area contributed by atoms with Gasteiger partial charge >= 0.3 is 0 Å². The van der Waals surface area contributed by atoms with E-state index in [2.05, 4.69) is 37.7 Å². The number of ether oxygens (including phenoxy) is 2. The summed E-state index contributed by atoms with van der Waals surface area (Å²) in [7, 11) is 1.77. The maximum Gasteiger partial charge on any atom is 0.191 e. The summed E-state index contributed by atoms with van der Waals surface area (Å²) < 4.78 is 11.2. The zero-order valence-electron chi connectivity index (χ0n) is 17.0. The van der Waals surface area contributed by atoms with E-state index in [1.165, 1.54) is 0 Å². The molecule has 160 valence electrons. The largest absolute Gasteiger partial charge is 0.381 e. The fourth-order valence-electron chi connectivity index (χ4n) is 3.15. The maximum absolute atomic E-state index is 5.79. The van der Waals surface area contributed by atoms with E-state index in [0.717, 1.165) is 75.3 Å². The van der Waals surface area contributed by atoms with Gasteiger partial charge in [0.2, 0.25) is 0 Å². The maximum atomic E-state index is 5.79. The van der Waals surface area contributed by atoms with Crippen LogP contribution in [-0.4, -0.2) is 55.9 Å². The third-order valence-electron chi connectivity index (χ3n) is 4.81. The van der Waals surface area contributed by atoms with E-state index >= 15 is 0 Å². The molecule has 0 spiro atoms. The molecule has 0 radical (unpaired) electrons. The van der Waals surface area contributed by atoms with Crippen LogP contribution in [-0.2, 0) is 16.0 Å². The van der Waals surface area contributed by atoms with Gasteiger partial charge in [0.1, 0.15) is 5.82 Å². The van der Waals surface area contributed by atoms with Crippen molar-refractivity contribution in [2.75, 3.05) is 40.0 Å². The van der Waals surface area contributed by atoms with Gasteiger partial charge in [-0.05, 0) is 30.7 Å². The number of aromatic amines is 1. The van der Waals surface area contributed by atoms with E-state index in [9.17, 15) is 0 Å². The molecule has 1 saturated heterocycles. The van der Waals surface area contributed by atoms with Crippen molar-refractivity contribution < 1.29 is 9.47 Å². The Morgan fingerprint density at radius 2 is 2.03 bits per heavy atom. The van der Waals surface area contributed by atoms with Crippen LogP contribution in [0.1, 0.15) is 25.1 Å². The molecule has 2 aromatic rings. The average molecular weight is 513 g/mol. The Morgan fingerprint density at radius 3 is 2.79 bits per heavy atom. The smallest absolute Gasteiger partial charge is 0.191 e. The van der Waals surface area contributed by atoms with Crippen LogP contribution in [0, 0.1) is 5.92 Å². The number of aliphatic imine (C=N–C) groups is 1. The lowest BCUT2D eigenvalue weighted by molar-refractivity contribution is 0.0203. The topological polar surface area (TPSA) is 83.6 Å². The molecule has 1 aromatic heterocycles. The fourth-order valence-corrected chi connectivity index (χ4v) is 3.15. The van der Waals surface area contributed by atoms with E-state index in [0.29, 0.717) is 12.5 Å². The molecule has 0 atom stereocenters. The van der Waals surface area contributed by atoms with Crippen LogP contribution in [0.3, 0.4) is 0 Å². The van der Waals surface area contributed by atoms with Crippen LogP contribution in [0.2, 0.25) is 0 Å². The number of hydrogen-bond acceptors (Lipinski definition) is 4. The van der Waals surface area contributed by atoms with Gasteiger partial charge in [0.25, 0.3) is 0 Å². The van der Waals surface area contributed by atoms with Gasteiger partial charge in [-0.1, -0.05) is 30.3 Å². The molecule has 1 aromatic carbocycles. The Kier molecular flexibility index (Phi) is 11.0. The minimum atomic E-state index is 0. The number of imidazole rings is 1. The molecular weight excluding hydrogens is 481 g/mol. The van der Waals surface area contributed by atoms with Crippen molar-refractivity contribution >= 4 is 29.9 Å². The predicted molar refractivity (Wildman–Crippen MR) is 127 cm³/mol. The number of hydrogen-bond donors (Lipinski definition) is 3. The molecule has 0 aliphatic carbocycles. The highest BCUT2D eigenvalue weighted by molar-refractivity contribution is 14.0. The molecule has 1 fully saturated rings. The standard InChI is InChI=1S/C21H31N5O2.HI/c1-22-21(23-10-5-11-28-16-17-8-12-27-13-9-17)25-15-20-24-14-19(26-20)18-6-3-2-4-7-18;/h2-4,6-7,14,17H,5,8-13,15-16H2,1H3,(H,24,26)(H2,22,23,25);1H. The number of aromatic nitrogens is 2. The van der Waals surface area contributed by atoms with Gasteiger partial charge in [-0.3, -0.25) is 4.99 Å². The van der Waals surface area contributed by atoms with Crippen LogP contribution >= 0.6 is 24.0 Å². The van der Waals surface area contributed by atoms with Gasteiger partial charge in [0.15, 0.2) is 5.96 Å². The Labute approximate surface area is 190 Å². The normalized spacial score (nSPS) is 15.0. The summed E-state index contributed by atoms with van der Waals surface area (Å²) in [5, 5.41) is 6.60. The first kappa shape index (κ1) is 23.6. The van der Waals surface area contributed by atoms with Gasteiger partial charge in [-0.2, -0.15) is 0 Å². The molecular formula is C21H32IN5O2. The van der Waals surface area contributed by atoms with Gasteiger partial charge in [-0.25, -0.2) is 4.98 Å². The highest BCUT2D eigenvalue weighted by atomic mass is 127. The molecule has 7 nitrogen and oxygen atoms in total. The van der Waals surface area contributed by atoms with E-state index in [1.807, 2.05) is 24.4 Å². The quantitative estimate of drug-likeness (QED) is 0.208. The molecule has 1 aliphatic rings. The van der Waals surface area contributed by atoms with Gasteiger partial charge in [-0.15, -0.1) is 24.0 Å². The number of H-pyrrole nitrogens is 1. The second-order valence-corrected chi connectivity index (χ2v) is 6.95. The second-order valence-electron chi connectivity index (χ2n) is 6.95. The van der Waals surface area contributed by atoms with Crippen molar-refractivity contribution in [1.82, 2.24) is 20.6 Å². The predicted octanol–water partition coefficient (Wildman–Crippen LogP) is 3.19. The zero-order chi connectivity index (χ0) is 19.4. The van der Waals surface area contributed by atoms with Crippen molar-refractivity contribution in [2.45, 2.75) is 25.8 Å². The van der Waals surface area contributed by atoms with E-state index in [-0.39, 0.29) is 24.0 Å². The van der Waals surface area contributed by atoms with Crippen LogP contribution in [0.5, 0.6) is 0 Å². The molecule has 29 heavy (non-hydrogen) atoms. The lowest BCUT2D eigenvalue weighted by Crippen LogP contribution is -2.37. The number of nitrogens with one attached hydrogen (secondary N) is 3. The monoisotopic (exact) mass is 513 g/mol. The first-order chi connectivity index (χ1) is 13.8. The number of halogens is 1. The summed E-state index contributed by atoms with van der Waals surface area (Å²) in [4.78, 5) is 12.0. The molecule has 3 rings (SSSR count). The number of nitrogens with zero attached hydrogens (tertiary/aromatic N) is 2. The minimum absolute atomic E-state index is 0. The van der Waals surface area contributed by atoms with Crippen LogP contribution in [0.4, 0.5) is 0 Å². The van der Waals surface area contributed by atoms with Crippen molar-refractivity contribution in [3.8, 4) is 11.3 Å². The summed E-state index contributed by atoms with van der Waals surface area (Å²) in [5.74, 6) is 2.30. The summed E-state index contributed by atoms with van der Waals surface area (Å²) in [6.45, 7) is 4.77. The molecule has 1 aliphatic heterocycles. The average Bonchev–Trinajstić information content (AvgIpc) is 3.23. The highest BCUT2D eigenvalue weighted by Crippen LogP contribution is 2.16. The van der Waals surface area contributed by atoms with E-state index in [4.69, 9.17) is 9.47 Å². The Balaban J connectivity index is 0.00000300. The van der Waals surface area contributed by atoms with Crippen molar-refractivity contribution in [2.24, 2.45) is 10.9 Å². The summed E-state index contributed by atoms with van der Waals surface area (Å²) in [6, 6.07) is 10.2. The third kappa shape index (κ3) is 8.31. The van der Waals surface area contributed by atoms with Crippen LogP contribution < -0.4 is 10.6 Å². The van der Waals surface area contributed by atoms with Gasteiger partial charge < -0.3 is 25.1 Å². The SMILES string of the molecule is CN=C(NCCCOCC1CCOCC1)NCc1ncc(-c2ccccc2)[nH]1.I. The van der Waals surface area contributed by atoms with Crippen molar-refractivity contribution in [1.29, 1.82) is 0 Å². The van der Waals surface area contributed by atoms with Crippen molar-refractivity contribution in [3.05, 3.63) is 42.4 Å². The molecule has 8 heteroatoms. The number of rotatable bonds is 9. The third-order valence-corrected chi connectivity index (χ3v) is 4.81. The summed E-state index contributed by atoms with van der Waals surface area (Å²) >= 11 is 0. The molecule has 2 heterocycles. The molecule has 3 N–H and O–H groups in total. The minimum Gasteiger partial charge on any atom is -0.381 e. The van der Waals surface area contributed by atoms with Crippen LogP contribution in [0.25, 0.3) is 11.3 Å². The molecule has 0 saturated carbocycles. The Bertz CT molecular complexity index is 717. The van der Waals surface area contributed by atoms with Crippen LogP contribution in [0.15, 0.2) is 41.5 Å². The molecule has 0 unspecified atom stereocenters. The van der Waals surface area contributed by atoms with E-state index < -0.39 is 0 Å². The van der Waals surface area contributed by atoms with Crippen molar-refractivity contribution in [3.63, 3.8) is 0 Å². The first-order valence-corrected chi connectivity index (χ1v) is 10.0. The van der Waals surface area contributed by atoms with E-state index in [1.54, 1.807) is 7.05 Å². The highest BCUT2D eigenvalue weighted by Gasteiger charge is 2.13. The van der Waals surface area contributed by atoms with Gasteiger partial charge in [0.05, 0.1) is 18.4 Å². The zero-order valence-corrected chi connectivity index (χ0v) is 19.4.